The van der Waals surface area contributed by atoms with E-state index in [1.54, 1.807) is 6.92 Å². The van der Waals surface area contributed by atoms with Crippen molar-refractivity contribution in [3.05, 3.63) is 17.7 Å². The van der Waals surface area contributed by atoms with Gasteiger partial charge >= 0.3 is 0 Å². The van der Waals surface area contributed by atoms with E-state index in [0.717, 1.165) is 0 Å². The van der Waals surface area contributed by atoms with Crippen LogP contribution in [0.15, 0.2) is 6.07 Å². The van der Waals surface area contributed by atoms with Crippen molar-refractivity contribution < 1.29 is 18.4 Å². The number of carbonyl (C=O) groups excluding carboxylic acids is 2. The second-order valence-electron chi connectivity index (χ2n) is 4.34. The zero-order chi connectivity index (χ0) is 14.9. The van der Waals surface area contributed by atoms with Crippen LogP contribution in [0.2, 0.25) is 0 Å². The van der Waals surface area contributed by atoms with Crippen LogP contribution in [-0.4, -0.2) is 36.4 Å². The maximum absolute atomic E-state index is 13.9. The first-order valence-corrected chi connectivity index (χ1v) is 6.12. The summed E-state index contributed by atoms with van der Waals surface area (Å²) in [5.74, 6) is -3.17. The third-order valence-electron chi connectivity index (χ3n) is 3.06. The first kappa shape index (κ1) is 14.2. The number of carbonyl (C=O) groups is 2. The normalized spacial score (nSPS) is 19.0. The van der Waals surface area contributed by atoms with Gasteiger partial charge in [0.15, 0.2) is 23.3 Å². The molecular weight excluding hydrogens is 270 g/mol. The van der Waals surface area contributed by atoms with Gasteiger partial charge in [-0.05, 0) is 6.42 Å². The van der Waals surface area contributed by atoms with Crippen LogP contribution in [0.3, 0.4) is 0 Å². The average Bonchev–Trinajstić information content (AvgIpc) is 2.38. The van der Waals surface area contributed by atoms with Crippen LogP contribution >= 0.6 is 0 Å². The highest BCUT2D eigenvalue weighted by Crippen LogP contribution is 2.25. The van der Waals surface area contributed by atoms with Crippen molar-refractivity contribution in [1.82, 2.24) is 10.3 Å². The first-order chi connectivity index (χ1) is 9.47. The van der Waals surface area contributed by atoms with Crippen LogP contribution < -0.4 is 15.5 Å². The summed E-state index contributed by atoms with van der Waals surface area (Å²) >= 11 is 0. The third kappa shape index (κ3) is 2.40. The molecule has 1 fully saturated rings. The Labute approximate surface area is 114 Å². The van der Waals surface area contributed by atoms with E-state index < -0.39 is 29.5 Å². The topological polar surface area (TPSA) is 74.3 Å². The number of anilines is 2. The summed E-state index contributed by atoms with van der Waals surface area (Å²) in [6.07, 6.45) is 0.368. The predicted octanol–water partition coefficient (Wildman–Crippen LogP) is 0.643. The molecular formula is C12H14F2N4O2. The van der Waals surface area contributed by atoms with Crippen molar-refractivity contribution >= 4 is 23.5 Å². The van der Waals surface area contributed by atoms with Gasteiger partial charge in [0.2, 0.25) is 11.8 Å². The van der Waals surface area contributed by atoms with Gasteiger partial charge in [-0.25, -0.2) is 13.8 Å². The number of halogens is 2. The minimum absolute atomic E-state index is 0.144. The number of nitrogens with one attached hydrogen (secondary N) is 2. The number of nitrogens with zero attached hydrogens (tertiary/aromatic N) is 2. The van der Waals surface area contributed by atoms with Crippen LogP contribution in [0, 0.1) is 11.6 Å². The lowest BCUT2D eigenvalue weighted by molar-refractivity contribution is -0.132. The van der Waals surface area contributed by atoms with Crippen LogP contribution in [-0.2, 0) is 9.59 Å². The van der Waals surface area contributed by atoms with Crippen molar-refractivity contribution in [2.24, 2.45) is 0 Å². The Morgan fingerprint density at radius 3 is 2.75 bits per heavy atom. The lowest BCUT2D eigenvalue weighted by Gasteiger charge is -2.34. The molecule has 0 radical (unpaired) electrons. The van der Waals surface area contributed by atoms with E-state index in [1.165, 1.54) is 11.9 Å². The quantitative estimate of drug-likeness (QED) is 0.797. The molecule has 2 N–H and O–H groups in total. The van der Waals surface area contributed by atoms with Crippen molar-refractivity contribution in [1.29, 1.82) is 0 Å². The molecule has 8 heteroatoms. The summed E-state index contributed by atoms with van der Waals surface area (Å²) in [4.78, 5) is 28.2. The summed E-state index contributed by atoms with van der Waals surface area (Å²) < 4.78 is 27.3. The van der Waals surface area contributed by atoms with Crippen molar-refractivity contribution in [2.45, 2.75) is 19.4 Å². The minimum Gasteiger partial charge on any atom is -0.371 e. The number of hydrogen-bond donors (Lipinski definition) is 2. The molecule has 0 aliphatic carbocycles. The highest BCUT2D eigenvalue weighted by molar-refractivity contribution is 6.04. The zero-order valence-electron chi connectivity index (χ0n) is 11.0. The Morgan fingerprint density at radius 1 is 1.45 bits per heavy atom. The first-order valence-electron chi connectivity index (χ1n) is 6.12. The SMILES string of the molecule is CCC1C(=O)NC(=O)CN1c1nc(NC)c(F)cc1F. The van der Waals surface area contributed by atoms with E-state index in [9.17, 15) is 18.4 Å². The van der Waals surface area contributed by atoms with Crippen LogP contribution in [0.4, 0.5) is 20.4 Å². The Bertz CT molecular complexity index is 565. The van der Waals surface area contributed by atoms with E-state index in [-0.39, 0.29) is 18.2 Å². The molecule has 2 heterocycles. The average molecular weight is 284 g/mol. The molecule has 0 spiro atoms. The zero-order valence-corrected chi connectivity index (χ0v) is 11.0. The Hall–Kier alpha value is -2.25. The van der Waals surface area contributed by atoms with E-state index in [0.29, 0.717) is 12.5 Å². The fourth-order valence-electron chi connectivity index (χ4n) is 2.13. The number of pyridine rings is 1. The predicted molar refractivity (Wildman–Crippen MR) is 68.3 cm³/mol. The second kappa shape index (κ2) is 5.40. The molecule has 1 aliphatic rings. The van der Waals surface area contributed by atoms with Gasteiger partial charge in [-0.3, -0.25) is 14.9 Å². The molecule has 1 aromatic rings. The molecule has 108 valence electrons. The van der Waals surface area contributed by atoms with Gasteiger partial charge in [0.1, 0.15) is 6.04 Å². The molecule has 0 aromatic carbocycles. The smallest absolute Gasteiger partial charge is 0.249 e. The minimum atomic E-state index is -0.914. The van der Waals surface area contributed by atoms with E-state index in [4.69, 9.17) is 0 Å². The van der Waals surface area contributed by atoms with Crippen LogP contribution in [0.25, 0.3) is 0 Å². The number of amides is 2. The highest BCUT2D eigenvalue weighted by atomic mass is 19.1. The maximum atomic E-state index is 13.9. The van der Waals surface area contributed by atoms with Gasteiger partial charge < -0.3 is 10.2 Å². The monoisotopic (exact) mass is 284 g/mol. The Kier molecular flexibility index (Phi) is 3.82. The fraction of sp³-hybridized carbons (Fsp3) is 0.417. The Morgan fingerprint density at radius 2 is 2.15 bits per heavy atom. The van der Waals surface area contributed by atoms with Crippen molar-refractivity contribution in [3.63, 3.8) is 0 Å². The van der Waals surface area contributed by atoms with E-state index in [1.807, 2.05) is 0 Å². The maximum Gasteiger partial charge on any atom is 0.249 e. The summed E-state index contributed by atoms with van der Waals surface area (Å²) in [6, 6.07) is -0.0393. The number of imide groups is 1. The van der Waals surface area contributed by atoms with Gasteiger partial charge in [-0.1, -0.05) is 6.92 Å². The molecule has 20 heavy (non-hydrogen) atoms. The van der Waals surface area contributed by atoms with Crippen molar-refractivity contribution in [3.8, 4) is 0 Å². The van der Waals surface area contributed by atoms with Gasteiger partial charge in [0, 0.05) is 13.1 Å². The van der Waals surface area contributed by atoms with Crippen LogP contribution in [0.1, 0.15) is 13.3 Å². The molecule has 2 rings (SSSR count). The lowest BCUT2D eigenvalue weighted by atomic mass is 10.1. The lowest BCUT2D eigenvalue weighted by Crippen LogP contribution is -2.58. The molecule has 0 bridgehead atoms. The summed E-state index contributed by atoms with van der Waals surface area (Å²) in [5, 5.41) is 4.67. The molecule has 1 unspecified atom stereocenters. The third-order valence-corrected chi connectivity index (χ3v) is 3.06. The van der Waals surface area contributed by atoms with Crippen molar-refractivity contribution in [2.75, 3.05) is 23.8 Å². The van der Waals surface area contributed by atoms with Crippen LogP contribution in [0.5, 0.6) is 0 Å². The largest absolute Gasteiger partial charge is 0.371 e. The standard InChI is InChI=1S/C12H14F2N4O2/c1-3-8-12(20)16-9(19)5-18(8)11-7(14)4-6(13)10(15-2)17-11/h4,8H,3,5H2,1-2H3,(H,15,17)(H,16,19,20). The van der Waals surface area contributed by atoms with Gasteiger partial charge in [0.05, 0.1) is 6.54 Å². The number of aromatic nitrogens is 1. The number of rotatable bonds is 3. The summed E-state index contributed by atoms with van der Waals surface area (Å²) in [5.41, 5.74) is 0. The van der Waals surface area contributed by atoms with Gasteiger partial charge in [-0.2, -0.15) is 0 Å². The number of piperazine rings is 1. The molecule has 6 nitrogen and oxygen atoms in total. The summed E-state index contributed by atoms with van der Waals surface area (Å²) in [7, 11) is 1.44. The molecule has 2 amide bonds. The number of hydrogen-bond acceptors (Lipinski definition) is 5. The fourth-order valence-corrected chi connectivity index (χ4v) is 2.13. The highest BCUT2D eigenvalue weighted by Gasteiger charge is 2.35. The van der Waals surface area contributed by atoms with Gasteiger partial charge in [-0.15, -0.1) is 0 Å². The summed E-state index contributed by atoms with van der Waals surface area (Å²) in [6.45, 7) is 1.52. The molecule has 1 atom stereocenters. The van der Waals surface area contributed by atoms with Gasteiger partial charge in [0.25, 0.3) is 0 Å². The van der Waals surface area contributed by atoms with E-state index >= 15 is 0 Å². The molecule has 1 aliphatic heterocycles. The Balaban J connectivity index is 2.47. The molecule has 1 aromatic heterocycles. The molecule has 0 saturated carbocycles. The molecule has 1 saturated heterocycles. The van der Waals surface area contributed by atoms with E-state index in [2.05, 4.69) is 15.6 Å². The second-order valence-corrected chi connectivity index (χ2v) is 4.34.